The van der Waals surface area contributed by atoms with Crippen LogP contribution in [0.2, 0.25) is 0 Å². The third-order valence-corrected chi connectivity index (χ3v) is 3.96. The summed E-state index contributed by atoms with van der Waals surface area (Å²) in [6.45, 7) is 3.57. The van der Waals surface area contributed by atoms with E-state index in [1.54, 1.807) is 6.92 Å². The highest BCUT2D eigenvalue weighted by Gasteiger charge is 2.24. The van der Waals surface area contributed by atoms with E-state index in [2.05, 4.69) is 17.2 Å². The summed E-state index contributed by atoms with van der Waals surface area (Å²) in [6.07, 6.45) is 5.86. The van der Waals surface area contributed by atoms with Gasteiger partial charge in [-0.05, 0) is 31.2 Å². The van der Waals surface area contributed by atoms with Gasteiger partial charge in [0.2, 0.25) is 0 Å². The van der Waals surface area contributed by atoms with Crippen LogP contribution < -0.4 is 10.1 Å². The molecule has 1 aromatic rings. The number of hydrogen-bond acceptors (Lipinski definition) is 5. The van der Waals surface area contributed by atoms with Crippen LogP contribution in [-0.4, -0.2) is 28.5 Å². The average Bonchev–Trinajstić information content (AvgIpc) is 2.48. The predicted molar refractivity (Wildman–Crippen MR) is 80.7 cm³/mol. The molecule has 1 aromatic heterocycles. The molecule has 1 heterocycles. The first-order valence-corrected chi connectivity index (χ1v) is 7.50. The lowest BCUT2D eigenvalue weighted by Crippen LogP contribution is -2.43. The lowest BCUT2D eigenvalue weighted by Gasteiger charge is -2.29. The van der Waals surface area contributed by atoms with E-state index >= 15 is 0 Å². The Hall–Kier alpha value is -2.18. The molecule has 0 saturated heterocycles. The SMILES string of the molecule is Cc1cnc(OCC(=O)NC2CCCCC2C)c([N+](=O)[O-])c1. The minimum Gasteiger partial charge on any atom is -0.463 e. The normalized spacial score (nSPS) is 21.2. The molecule has 22 heavy (non-hydrogen) atoms. The van der Waals surface area contributed by atoms with Gasteiger partial charge in [0.15, 0.2) is 6.61 Å². The Balaban J connectivity index is 1.92. The Bertz CT molecular complexity index is 562. The van der Waals surface area contributed by atoms with E-state index in [4.69, 9.17) is 4.74 Å². The maximum atomic E-state index is 11.9. The molecular formula is C15H21N3O4. The third kappa shape index (κ3) is 4.16. The van der Waals surface area contributed by atoms with E-state index in [1.165, 1.54) is 18.7 Å². The van der Waals surface area contributed by atoms with Gasteiger partial charge in [-0.25, -0.2) is 4.98 Å². The van der Waals surface area contributed by atoms with Gasteiger partial charge in [0, 0.05) is 18.3 Å². The van der Waals surface area contributed by atoms with Crippen LogP contribution in [0.1, 0.15) is 38.2 Å². The molecule has 0 aromatic carbocycles. The summed E-state index contributed by atoms with van der Waals surface area (Å²) in [5.41, 5.74) is 0.443. The van der Waals surface area contributed by atoms with Gasteiger partial charge in [-0.15, -0.1) is 0 Å². The number of ether oxygens (including phenoxy) is 1. The van der Waals surface area contributed by atoms with Crippen LogP contribution in [0, 0.1) is 23.0 Å². The van der Waals surface area contributed by atoms with E-state index in [0.717, 1.165) is 19.3 Å². The maximum absolute atomic E-state index is 11.9. The van der Waals surface area contributed by atoms with Crippen molar-refractivity contribution in [3.05, 3.63) is 27.9 Å². The van der Waals surface area contributed by atoms with Crippen LogP contribution in [0.25, 0.3) is 0 Å². The first kappa shape index (κ1) is 16.2. The van der Waals surface area contributed by atoms with Crippen LogP contribution >= 0.6 is 0 Å². The van der Waals surface area contributed by atoms with Crippen LogP contribution in [-0.2, 0) is 4.79 Å². The highest BCUT2D eigenvalue weighted by Crippen LogP contribution is 2.25. The van der Waals surface area contributed by atoms with Crippen molar-refractivity contribution in [1.82, 2.24) is 10.3 Å². The van der Waals surface area contributed by atoms with Gasteiger partial charge in [0.25, 0.3) is 11.8 Å². The van der Waals surface area contributed by atoms with E-state index in [9.17, 15) is 14.9 Å². The summed E-state index contributed by atoms with van der Waals surface area (Å²) >= 11 is 0. The number of hydrogen-bond donors (Lipinski definition) is 1. The predicted octanol–water partition coefficient (Wildman–Crippen LogP) is 2.37. The molecular weight excluding hydrogens is 286 g/mol. The summed E-state index contributed by atoms with van der Waals surface area (Å²) in [5.74, 6) is 0.0578. The number of rotatable bonds is 5. The Kier molecular flexibility index (Phi) is 5.30. The van der Waals surface area contributed by atoms with Gasteiger partial charge < -0.3 is 10.1 Å². The number of carbonyl (C=O) groups is 1. The smallest absolute Gasteiger partial charge is 0.331 e. The molecule has 0 aliphatic heterocycles. The lowest BCUT2D eigenvalue weighted by atomic mass is 9.86. The van der Waals surface area contributed by atoms with Crippen molar-refractivity contribution in [1.29, 1.82) is 0 Å². The van der Waals surface area contributed by atoms with Gasteiger partial charge in [-0.2, -0.15) is 0 Å². The molecule has 7 nitrogen and oxygen atoms in total. The van der Waals surface area contributed by atoms with Gasteiger partial charge >= 0.3 is 5.69 Å². The topological polar surface area (TPSA) is 94.4 Å². The number of pyridine rings is 1. The zero-order valence-electron chi connectivity index (χ0n) is 12.9. The second-order valence-corrected chi connectivity index (χ2v) is 5.82. The molecule has 0 radical (unpaired) electrons. The highest BCUT2D eigenvalue weighted by atomic mass is 16.6. The Morgan fingerprint density at radius 1 is 1.50 bits per heavy atom. The quantitative estimate of drug-likeness (QED) is 0.665. The number of aromatic nitrogens is 1. The van der Waals surface area contributed by atoms with Crippen LogP contribution in [0.3, 0.4) is 0 Å². The summed E-state index contributed by atoms with van der Waals surface area (Å²) in [7, 11) is 0. The van der Waals surface area contributed by atoms with Crippen molar-refractivity contribution in [3.63, 3.8) is 0 Å². The maximum Gasteiger partial charge on any atom is 0.331 e. The van der Waals surface area contributed by atoms with E-state index in [1.807, 2.05) is 0 Å². The first-order valence-electron chi connectivity index (χ1n) is 7.50. The number of nitrogens with zero attached hydrogens (tertiary/aromatic N) is 2. The molecule has 7 heteroatoms. The average molecular weight is 307 g/mol. The molecule has 0 bridgehead atoms. The minimum absolute atomic E-state index is 0.123. The van der Waals surface area contributed by atoms with Crippen LogP contribution in [0.4, 0.5) is 5.69 Å². The molecule has 2 atom stereocenters. The van der Waals surface area contributed by atoms with Crippen LogP contribution in [0.15, 0.2) is 12.3 Å². The van der Waals surface area contributed by atoms with Crippen molar-refractivity contribution in [3.8, 4) is 5.88 Å². The summed E-state index contributed by atoms with van der Waals surface area (Å²) in [6, 6.07) is 1.54. The second-order valence-electron chi connectivity index (χ2n) is 5.82. The highest BCUT2D eigenvalue weighted by molar-refractivity contribution is 5.78. The van der Waals surface area contributed by atoms with Gasteiger partial charge in [0.1, 0.15) is 0 Å². The molecule has 2 rings (SSSR count). The van der Waals surface area contributed by atoms with Gasteiger partial charge in [0.05, 0.1) is 4.92 Å². The number of aryl methyl sites for hydroxylation is 1. The lowest BCUT2D eigenvalue weighted by molar-refractivity contribution is -0.386. The molecule has 0 spiro atoms. The van der Waals surface area contributed by atoms with Gasteiger partial charge in [-0.3, -0.25) is 14.9 Å². The fraction of sp³-hybridized carbons (Fsp3) is 0.600. The molecule has 2 unspecified atom stereocenters. The Morgan fingerprint density at radius 3 is 2.91 bits per heavy atom. The van der Waals surface area contributed by atoms with Crippen molar-refractivity contribution in [2.45, 2.75) is 45.6 Å². The Morgan fingerprint density at radius 2 is 2.23 bits per heavy atom. The number of carbonyl (C=O) groups excluding carboxylic acids is 1. The van der Waals surface area contributed by atoms with Crippen LogP contribution in [0.5, 0.6) is 5.88 Å². The molecule has 1 amide bonds. The second kappa shape index (κ2) is 7.20. The monoisotopic (exact) mass is 307 g/mol. The Labute approximate surface area is 129 Å². The third-order valence-electron chi connectivity index (χ3n) is 3.96. The van der Waals surface area contributed by atoms with Crippen molar-refractivity contribution >= 4 is 11.6 Å². The van der Waals surface area contributed by atoms with Gasteiger partial charge in [-0.1, -0.05) is 19.8 Å². The van der Waals surface area contributed by atoms with E-state index < -0.39 is 4.92 Å². The largest absolute Gasteiger partial charge is 0.463 e. The summed E-state index contributed by atoms with van der Waals surface area (Å²) < 4.78 is 5.23. The zero-order valence-corrected chi connectivity index (χ0v) is 12.9. The molecule has 1 N–H and O–H groups in total. The zero-order chi connectivity index (χ0) is 16.1. The molecule has 1 aliphatic rings. The fourth-order valence-corrected chi connectivity index (χ4v) is 2.70. The van der Waals surface area contributed by atoms with Crippen molar-refractivity contribution in [2.24, 2.45) is 5.92 Å². The van der Waals surface area contributed by atoms with E-state index in [0.29, 0.717) is 11.5 Å². The molecule has 1 fully saturated rings. The molecule has 1 aliphatic carbocycles. The standard InChI is InChI=1S/C15H21N3O4/c1-10-7-13(18(20)21)15(16-8-10)22-9-14(19)17-12-6-4-3-5-11(12)2/h7-8,11-12H,3-6,9H2,1-2H3,(H,17,19). The number of amides is 1. The summed E-state index contributed by atoms with van der Waals surface area (Å²) in [4.78, 5) is 26.2. The molecule has 120 valence electrons. The summed E-state index contributed by atoms with van der Waals surface area (Å²) in [5, 5.41) is 13.9. The number of nitrogens with one attached hydrogen (secondary N) is 1. The minimum atomic E-state index is -0.559. The fourth-order valence-electron chi connectivity index (χ4n) is 2.70. The number of nitro groups is 1. The molecule has 1 saturated carbocycles. The first-order chi connectivity index (χ1) is 10.5. The van der Waals surface area contributed by atoms with Crippen molar-refractivity contribution in [2.75, 3.05) is 6.61 Å². The van der Waals surface area contributed by atoms with E-state index in [-0.39, 0.29) is 30.1 Å². The van der Waals surface area contributed by atoms with Crippen molar-refractivity contribution < 1.29 is 14.5 Å².